The van der Waals surface area contributed by atoms with Gasteiger partial charge in [-0.25, -0.2) is 4.98 Å². The van der Waals surface area contributed by atoms with E-state index in [0.717, 1.165) is 79.8 Å². The van der Waals surface area contributed by atoms with Crippen molar-refractivity contribution >= 4 is 0 Å². The van der Waals surface area contributed by atoms with Gasteiger partial charge >= 0.3 is 0 Å². The van der Waals surface area contributed by atoms with Gasteiger partial charge in [0.15, 0.2) is 11.4 Å². The summed E-state index contributed by atoms with van der Waals surface area (Å²) in [5, 5.41) is 12.0. The molecule has 0 bridgehead atoms. The molecule has 1 atom stereocenters. The Hall–Kier alpha value is -2.15. The SMILES string of the molecule is C[N+](C)(CCc1ccc2c(c1)CCO2)Cc1cnc(C(O)(c2ccccc2)C2CCCCC2)o1.[Br-]. The Labute approximate surface area is 219 Å². The monoisotopic (exact) mass is 540 g/mol. The van der Waals surface area contributed by atoms with Crippen molar-refractivity contribution in [1.29, 1.82) is 0 Å². The lowest BCUT2D eigenvalue weighted by molar-refractivity contribution is -0.904. The smallest absolute Gasteiger partial charge is 0.231 e. The molecule has 0 radical (unpaired) electrons. The number of nitrogens with zero attached hydrogens (tertiary/aromatic N) is 2. The molecular formula is C29H37BrN2O3. The molecule has 2 heterocycles. The Morgan fingerprint density at radius 1 is 1.06 bits per heavy atom. The number of aromatic nitrogens is 1. The molecular weight excluding hydrogens is 504 g/mol. The van der Waals surface area contributed by atoms with Gasteiger partial charge in [0.1, 0.15) is 12.3 Å². The van der Waals surface area contributed by atoms with Gasteiger partial charge < -0.3 is 35.7 Å². The van der Waals surface area contributed by atoms with Crippen LogP contribution in [0.5, 0.6) is 5.75 Å². The minimum absolute atomic E-state index is 0. The largest absolute Gasteiger partial charge is 1.00 e. The zero-order valence-electron chi connectivity index (χ0n) is 20.9. The molecule has 188 valence electrons. The van der Waals surface area contributed by atoms with Crippen LogP contribution >= 0.6 is 0 Å². The molecule has 1 aromatic heterocycles. The summed E-state index contributed by atoms with van der Waals surface area (Å²) in [6, 6.07) is 16.5. The second-order valence-corrected chi connectivity index (χ2v) is 10.7. The second-order valence-electron chi connectivity index (χ2n) is 10.7. The standard InChI is InChI=1S/C29H37N2O3.BrH/c1-31(2,17-15-22-13-14-27-23(19-22)16-18-33-27)21-26-20-30-28(34-26)29(32,24-9-5-3-6-10-24)25-11-7-4-8-12-25;/h3,5-6,9-10,13-14,19-20,25,32H,4,7-8,11-12,15-18,21H2,1-2H3;1H/q+1;/p-1. The number of hydrogen-bond acceptors (Lipinski definition) is 4. The maximum absolute atomic E-state index is 12.0. The van der Waals surface area contributed by atoms with Crippen molar-refractivity contribution in [3.05, 3.63) is 83.1 Å². The Morgan fingerprint density at radius 2 is 1.83 bits per heavy atom. The van der Waals surface area contributed by atoms with Crippen LogP contribution in [-0.4, -0.2) is 41.8 Å². The van der Waals surface area contributed by atoms with Crippen molar-refractivity contribution in [2.45, 2.75) is 57.1 Å². The maximum atomic E-state index is 12.0. The first-order valence-electron chi connectivity index (χ1n) is 12.7. The lowest BCUT2D eigenvalue weighted by atomic mass is 9.73. The van der Waals surface area contributed by atoms with E-state index in [2.05, 4.69) is 37.3 Å². The van der Waals surface area contributed by atoms with Gasteiger partial charge in [-0.2, -0.15) is 0 Å². The van der Waals surface area contributed by atoms with Gasteiger partial charge in [-0.15, -0.1) is 0 Å². The molecule has 5 nitrogen and oxygen atoms in total. The van der Waals surface area contributed by atoms with Gasteiger partial charge in [0, 0.05) is 18.8 Å². The highest BCUT2D eigenvalue weighted by Crippen LogP contribution is 2.43. The third-order valence-electron chi connectivity index (χ3n) is 7.63. The lowest BCUT2D eigenvalue weighted by Gasteiger charge is -2.36. The third kappa shape index (κ3) is 5.65. The summed E-state index contributed by atoms with van der Waals surface area (Å²) in [5.74, 6) is 2.43. The number of ether oxygens (including phenoxy) is 1. The summed E-state index contributed by atoms with van der Waals surface area (Å²) in [6.45, 7) is 2.52. The van der Waals surface area contributed by atoms with Crippen LogP contribution in [0.3, 0.4) is 0 Å². The van der Waals surface area contributed by atoms with Gasteiger partial charge in [0.05, 0.1) is 33.4 Å². The first-order valence-corrected chi connectivity index (χ1v) is 12.7. The molecule has 3 aromatic rings. The Bertz CT molecular complexity index is 1110. The zero-order valence-corrected chi connectivity index (χ0v) is 22.5. The van der Waals surface area contributed by atoms with Gasteiger partial charge in [0.25, 0.3) is 0 Å². The van der Waals surface area contributed by atoms with Crippen LogP contribution in [0.2, 0.25) is 0 Å². The molecule has 1 aliphatic carbocycles. The number of aliphatic hydroxyl groups is 1. The van der Waals surface area contributed by atoms with E-state index in [9.17, 15) is 5.11 Å². The van der Waals surface area contributed by atoms with Crippen LogP contribution in [0, 0.1) is 5.92 Å². The average Bonchev–Trinajstić information content (AvgIpc) is 3.52. The van der Waals surface area contributed by atoms with Gasteiger partial charge in [-0.3, -0.25) is 0 Å². The lowest BCUT2D eigenvalue weighted by Crippen LogP contribution is -3.00. The van der Waals surface area contributed by atoms with Crippen LogP contribution in [0.15, 0.2) is 59.1 Å². The normalized spacial score (nSPS) is 17.8. The van der Waals surface area contributed by atoms with Crippen molar-refractivity contribution < 1.29 is 35.7 Å². The molecule has 0 spiro atoms. The average molecular weight is 542 g/mol. The molecule has 0 amide bonds. The minimum Gasteiger partial charge on any atom is -1.00 e. The number of benzene rings is 2. The van der Waals surface area contributed by atoms with Crippen molar-refractivity contribution in [1.82, 2.24) is 4.98 Å². The number of oxazole rings is 1. The maximum Gasteiger partial charge on any atom is 0.231 e. The number of likely N-dealkylation sites (N-methyl/N-ethyl adjacent to an activating group) is 1. The predicted molar refractivity (Wildman–Crippen MR) is 133 cm³/mol. The summed E-state index contributed by atoms with van der Waals surface area (Å²) in [7, 11) is 4.45. The summed E-state index contributed by atoms with van der Waals surface area (Å²) in [4.78, 5) is 4.64. The molecule has 35 heavy (non-hydrogen) atoms. The highest BCUT2D eigenvalue weighted by Gasteiger charge is 2.44. The van der Waals surface area contributed by atoms with E-state index in [1.165, 1.54) is 17.5 Å². The second kappa shape index (κ2) is 10.9. The van der Waals surface area contributed by atoms with Gasteiger partial charge in [-0.1, -0.05) is 61.7 Å². The van der Waals surface area contributed by atoms with E-state index in [0.29, 0.717) is 5.89 Å². The highest BCUT2D eigenvalue weighted by molar-refractivity contribution is 5.39. The van der Waals surface area contributed by atoms with Gasteiger partial charge in [-0.05, 0) is 35.6 Å². The molecule has 1 aliphatic heterocycles. The predicted octanol–water partition coefficient (Wildman–Crippen LogP) is 2.25. The van der Waals surface area contributed by atoms with Crippen LogP contribution < -0.4 is 21.7 Å². The van der Waals surface area contributed by atoms with E-state index in [1.807, 2.05) is 36.5 Å². The first-order chi connectivity index (χ1) is 16.4. The fourth-order valence-corrected chi connectivity index (χ4v) is 5.63. The molecule has 0 saturated heterocycles. The Morgan fingerprint density at radius 3 is 2.60 bits per heavy atom. The number of rotatable bonds is 8. The fourth-order valence-electron chi connectivity index (χ4n) is 5.63. The fraction of sp³-hybridized carbons (Fsp3) is 0.483. The minimum atomic E-state index is -1.18. The van der Waals surface area contributed by atoms with Crippen molar-refractivity contribution in [2.24, 2.45) is 5.92 Å². The van der Waals surface area contributed by atoms with Crippen LogP contribution in [0.25, 0.3) is 0 Å². The Kier molecular flexibility index (Phi) is 8.04. The van der Waals surface area contributed by atoms with E-state index >= 15 is 0 Å². The number of quaternary nitrogens is 1. The van der Waals surface area contributed by atoms with E-state index < -0.39 is 5.60 Å². The Balaban J connectivity index is 0.00000289. The van der Waals surface area contributed by atoms with Crippen molar-refractivity contribution in [3.63, 3.8) is 0 Å². The van der Waals surface area contributed by atoms with Crippen LogP contribution in [-0.2, 0) is 25.0 Å². The van der Waals surface area contributed by atoms with E-state index in [4.69, 9.17) is 9.15 Å². The molecule has 2 aliphatic rings. The summed E-state index contributed by atoms with van der Waals surface area (Å²) in [6.07, 6.45) is 9.34. The molecule has 2 aromatic carbocycles. The summed E-state index contributed by atoms with van der Waals surface area (Å²) < 4.78 is 12.7. The third-order valence-corrected chi connectivity index (χ3v) is 7.63. The van der Waals surface area contributed by atoms with Crippen molar-refractivity contribution in [2.75, 3.05) is 27.2 Å². The van der Waals surface area contributed by atoms with Crippen LogP contribution in [0.4, 0.5) is 0 Å². The molecule has 1 fully saturated rings. The summed E-state index contributed by atoms with van der Waals surface area (Å²) in [5.41, 5.74) is 2.38. The van der Waals surface area contributed by atoms with Gasteiger partial charge in [0.2, 0.25) is 5.89 Å². The van der Waals surface area contributed by atoms with E-state index in [-0.39, 0.29) is 22.9 Å². The van der Waals surface area contributed by atoms with Crippen LogP contribution in [0.1, 0.15) is 60.4 Å². The van der Waals surface area contributed by atoms with Crippen molar-refractivity contribution in [3.8, 4) is 5.75 Å². The number of hydrogen-bond donors (Lipinski definition) is 1. The number of fused-ring (bicyclic) bond motifs is 1. The topological polar surface area (TPSA) is 55.5 Å². The molecule has 5 rings (SSSR count). The quantitative estimate of drug-likeness (QED) is 0.445. The van der Waals surface area contributed by atoms with E-state index in [1.54, 1.807) is 0 Å². The zero-order chi connectivity index (χ0) is 23.6. The summed E-state index contributed by atoms with van der Waals surface area (Å²) >= 11 is 0. The highest BCUT2D eigenvalue weighted by atomic mass is 79.9. The first kappa shape index (κ1) is 25.9. The molecule has 6 heteroatoms. The molecule has 1 unspecified atom stereocenters. The molecule has 1 saturated carbocycles. The number of halogens is 1. The molecule has 1 N–H and O–H groups in total.